The fraction of sp³-hybridized carbons (Fsp3) is 0.478. The number of rotatable bonds is 8. The van der Waals surface area contributed by atoms with Gasteiger partial charge in [-0.3, -0.25) is 4.79 Å². The van der Waals surface area contributed by atoms with Crippen molar-refractivity contribution in [3.63, 3.8) is 0 Å². The number of fused-ring (bicyclic) bond motifs is 1. The van der Waals surface area contributed by atoms with Gasteiger partial charge in [-0.25, -0.2) is 4.79 Å². The third-order valence-corrected chi connectivity index (χ3v) is 5.55. The maximum absolute atomic E-state index is 12.9. The molecule has 0 spiro atoms. The molecule has 29 heavy (non-hydrogen) atoms. The van der Waals surface area contributed by atoms with E-state index in [4.69, 9.17) is 14.2 Å². The maximum Gasteiger partial charge on any atom is 0.355 e. The molecule has 1 aromatic heterocycles. The zero-order valence-electron chi connectivity index (χ0n) is 17.6. The minimum atomic E-state index is -0.386. The van der Waals surface area contributed by atoms with Crippen LogP contribution < -0.4 is 9.47 Å². The van der Waals surface area contributed by atoms with E-state index in [0.717, 1.165) is 30.5 Å². The largest absolute Gasteiger partial charge is 0.493 e. The molecule has 0 fully saturated rings. The average molecular weight is 399 g/mol. The Kier molecular flexibility index (Phi) is 6.62. The van der Waals surface area contributed by atoms with Gasteiger partial charge in [-0.05, 0) is 48.9 Å². The third kappa shape index (κ3) is 4.31. The molecule has 6 heteroatoms. The molecule has 1 heterocycles. The minimum Gasteiger partial charge on any atom is -0.493 e. The molecular weight excluding hydrogens is 370 g/mol. The van der Waals surface area contributed by atoms with Crippen LogP contribution in [0.1, 0.15) is 76.2 Å². The second-order valence-electron chi connectivity index (χ2n) is 7.46. The standard InChI is InChI=1S/C23H29NO5/c1-5-6-7-10-29-23(26)22-14(2)21-17(24-22)11-16(12-18(21)25)15-8-9-19(27-3)20(13-15)28-4/h8-9,13,16,24H,5-7,10-12H2,1-4H3/t16-/m0/s1. The lowest BCUT2D eigenvalue weighted by Gasteiger charge is -2.23. The summed E-state index contributed by atoms with van der Waals surface area (Å²) < 4.78 is 16.1. The number of aromatic nitrogens is 1. The van der Waals surface area contributed by atoms with Crippen LogP contribution in [-0.4, -0.2) is 37.6 Å². The van der Waals surface area contributed by atoms with Gasteiger partial charge in [0.05, 0.1) is 20.8 Å². The molecule has 3 rings (SSSR count). The highest BCUT2D eigenvalue weighted by atomic mass is 16.5. The van der Waals surface area contributed by atoms with Crippen molar-refractivity contribution in [2.24, 2.45) is 0 Å². The second kappa shape index (κ2) is 9.16. The van der Waals surface area contributed by atoms with Crippen LogP contribution in [0.25, 0.3) is 0 Å². The van der Waals surface area contributed by atoms with E-state index in [1.165, 1.54) is 0 Å². The van der Waals surface area contributed by atoms with Gasteiger partial charge in [0, 0.05) is 17.7 Å². The Balaban J connectivity index is 1.81. The first kappa shape index (κ1) is 21.0. The molecule has 1 aliphatic rings. The summed E-state index contributed by atoms with van der Waals surface area (Å²) >= 11 is 0. The van der Waals surface area contributed by atoms with Gasteiger partial charge in [0.15, 0.2) is 17.3 Å². The summed E-state index contributed by atoms with van der Waals surface area (Å²) in [5.41, 5.74) is 3.54. The van der Waals surface area contributed by atoms with E-state index >= 15 is 0 Å². The Labute approximate surface area is 171 Å². The number of hydrogen-bond donors (Lipinski definition) is 1. The Morgan fingerprint density at radius 3 is 2.59 bits per heavy atom. The van der Waals surface area contributed by atoms with E-state index < -0.39 is 0 Å². The molecule has 0 radical (unpaired) electrons. The number of ether oxygens (including phenoxy) is 3. The number of methoxy groups -OCH3 is 2. The lowest BCUT2D eigenvalue weighted by Crippen LogP contribution is -2.18. The number of nitrogens with one attached hydrogen (secondary N) is 1. The topological polar surface area (TPSA) is 77.6 Å². The first-order valence-electron chi connectivity index (χ1n) is 10.1. The number of esters is 1. The second-order valence-corrected chi connectivity index (χ2v) is 7.46. The first-order chi connectivity index (χ1) is 14.0. The monoisotopic (exact) mass is 399 g/mol. The van der Waals surface area contributed by atoms with Crippen molar-refractivity contribution in [3.05, 3.63) is 46.3 Å². The van der Waals surface area contributed by atoms with Crippen molar-refractivity contribution >= 4 is 11.8 Å². The summed E-state index contributed by atoms with van der Waals surface area (Å²) in [4.78, 5) is 28.5. The zero-order chi connectivity index (χ0) is 21.0. The minimum absolute atomic E-state index is 0.0151. The van der Waals surface area contributed by atoms with Crippen molar-refractivity contribution in [1.82, 2.24) is 4.98 Å². The van der Waals surface area contributed by atoms with E-state index in [2.05, 4.69) is 11.9 Å². The number of aromatic amines is 1. The molecule has 1 N–H and O–H groups in total. The number of ketones is 1. The van der Waals surface area contributed by atoms with Crippen LogP contribution in [0.3, 0.4) is 0 Å². The Morgan fingerprint density at radius 1 is 1.14 bits per heavy atom. The van der Waals surface area contributed by atoms with E-state index in [1.807, 2.05) is 25.1 Å². The van der Waals surface area contributed by atoms with Crippen LogP contribution in [-0.2, 0) is 11.2 Å². The number of benzene rings is 1. The molecule has 2 aromatic rings. The lowest BCUT2D eigenvalue weighted by atomic mass is 9.81. The zero-order valence-corrected chi connectivity index (χ0v) is 17.6. The fourth-order valence-electron chi connectivity index (χ4n) is 3.97. The maximum atomic E-state index is 12.9. The highest BCUT2D eigenvalue weighted by Gasteiger charge is 2.32. The predicted molar refractivity (Wildman–Crippen MR) is 110 cm³/mol. The van der Waals surface area contributed by atoms with Crippen molar-refractivity contribution in [1.29, 1.82) is 0 Å². The number of Topliss-reactive ketones (excluding diaryl/α,β-unsaturated/α-hetero) is 1. The van der Waals surface area contributed by atoms with Crippen LogP contribution in [0.15, 0.2) is 18.2 Å². The fourth-order valence-corrected chi connectivity index (χ4v) is 3.97. The molecule has 0 aliphatic heterocycles. The van der Waals surface area contributed by atoms with Crippen molar-refractivity contribution in [2.45, 2.75) is 51.9 Å². The van der Waals surface area contributed by atoms with Crippen molar-refractivity contribution in [3.8, 4) is 11.5 Å². The molecule has 0 amide bonds. The summed E-state index contributed by atoms with van der Waals surface area (Å²) in [6, 6.07) is 5.73. The summed E-state index contributed by atoms with van der Waals surface area (Å²) in [6.45, 7) is 4.32. The predicted octanol–water partition coefficient (Wildman–Crippen LogP) is 4.60. The third-order valence-electron chi connectivity index (χ3n) is 5.55. The normalized spacial score (nSPS) is 15.7. The van der Waals surface area contributed by atoms with Gasteiger partial charge in [0.1, 0.15) is 5.69 Å². The molecule has 156 valence electrons. The molecule has 1 aromatic carbocycles. The van der Waals surface area contributed by atoms with E-state index in [1.54, 1.807) is 14.2 Å². The average Bonchev–Trinajstić information content (AvgIpc) is 3.07. The van der Waals surface area contributed by atoms with E-state index in [9.17, 15) is 9.59 Å². The summed E-state index contributed by atoms with van der Waals surface area (Å²) in [5.74, 6) is 0.972. The molecular formula is C23H29NO5. The quantitative estimate of drug-likeness (QED) is 0.518. The van der Waals surface area contributed by atoms with Gasteiger partial charge >= 0.3 is 5.97 Å². The number of hydrogen-bond acceptors (Lipinski definition) is 5. The van der Waals surface area contributed by atoms with Gasteiger partial charge in [-0.15, -0.1) is 0 Å². The summed E-state index contributed by atoms with van der Waals surface area (Å²) in [7, 11) is 3.19. The van der Waals surface area contributed by atoms with Gasteiger partial charge in [-0.2, -0.15) is 0 Å². The molecule has 0 saturated heterocycles. The molecule has 1 aliphatic carbocycles. The highest BCUT2D eigenvalue weighted by Crippen LogP contribution is 2.38. The van der Waals surface area contributed by atoms with E-state index in [0.29, 0.717) is 47.8 Å². The van der Waals surface area contributed by atoms with Crippen LogP contribution in [0.5, 0.6) is 11.5 Å². The Morgan fingerprint density at radius 2 is 1.90 bits per heavy atom. The van der Waals surface area contributed by atoms with Crippen LogP contribution >= 0.6 is 0 Å². The van der Waals surface area contributed by atoms with Gasteiger partial charge in [0.2, 0.25) is 0 Å². The SMILES string of the molecule is CCCCCOC(=O)c1[nH]c2c(c1C)C(=O)C[C@@H](c1ccc(OC)c(OC)c1)C2. The van der Waals surface area contributed by atoms with Gasteiger partial charge in [0.25, 0.3) is 0 Å². The highest BCUT2D eigenvalue weighted by molar-refractivity contribution is 6.03. The van der Waals surface area contributed by atoms with Crippen molar-refractivity contribution < 1.29 is 23.8 Å². The Bertz CT molecular complexity index is 899. The number of H-pyrrole nitrogens is 1. The molecule has 6 nitrogen and oxygen atoms in total. The molecule has 0 bridgehead atoms. The molecule has 1 atom stereocenters. The Hall–Kier alpha value is -2.76. The van der Waals surface area contributed by atoms with Gasteiger partial charge < -0.3 is 19.2 Å². The first-order valence-corrected chi connectivity index (χ1v) is 10.1. The number of unbranched alkanes of at least 4 members (excludes halogenated alkanes) is 2. The van der Waals surface area contributed by atoms with Crippen LogP contribution in [0.2, 0.25) is 0 Å². The summed E-state index contributed by atoms with van der Waals surface area (Å²) in [6.07, 6.45) is 3.99. The number of carbonyl (C=O) groups is 2. The van der Waals surface area contributed by atoms with E-state index in [-0.39, 0.29) is 17.7 Å². The van der Waals surface area contributed by atoms with Crippen LogP contribution in [0.4, 0.5) is 0 Å². The summed E-state index contributed by atoms with van der Waals surface area (Å²) in [5, 5.41) is 0. The van der Waals surface area contributed by atoms with Crippen LogP contribution in [0, 0.1) is 6.92 Å². The molecule has 0 saturated carbocycles. The van der Waals surface area contributed by atoms with Gasteiger partial charge in [-0.1, -0.05) is 25.8 Å². The smallest absolute Gasteiger partial charge is 0.355 e. The van der Waals surface area contributed by atoms with Crippen molar-refractivity contribution in [2.75, 3.05) is 20.8 Å². The molecule has 0 unspecified atom stereocenters. The number of carbonyl (C=O) groups excluding carboxylic acids is 2. The lowest BCUT2D eigenvalue weighted by molar-refractivity contribution is 0.0491.